The topological polar surface area (TPSA) is 12.0 Å². The van der Waals surface area contributed by atoms with Gasteiger partial charge in [0.15, 0.2) is 0 Å². The first-order valence-corrected chi connectivity index (χ1v) is 8.31. The van der Waals surface area contributed by atoms with Gasteiger partial charge in [-0.2, -0.15) is 0 Å². The summed E-state index contributed by atoms with van der Waals surface area (Å²) in [6, 6.07) is 0.764. The Bertz CT molecular complexity index is 208. The van der Waals surface area contributed by atoms with Crippen molar-refractivity contribution in [2.75, 3.05) is 7.05 Å². The molecule has 0 radical (unpaired) electrons. The highest BCUT2D eigenvalue weighted by atomic mass is 14.9. The van der Waals surface area contributed by atoms with Crippen molar-refractivity contribution in [2.45, 2.75) is 78.7 Å². The van der Waals surface area contributed by atoms with E-state index in [2.05, 4.69) is 40.1 Å². The highest BCUT2D eigenvalue weighted by molar-refractivity contribution is 4.87. The zero-order chi connectivity index (χ0) is 13.5. The lowest BCUT2D eigenvalue weighted by Gasteiger charge is -2.40. The highest BCUT2D eigenvalue weighted by Crippen LogP contribution is 2.38. The minimum atomic E-state index is 0.764. The molecule has 0 bridgehead atoms. The molecule has 18 heavy (non-hydrogen) atoms. The number of hydrogen-bond donors (Lipinski definition) is 1. The van der Waals surface area contributed by atoms with Gasteiger partial charge in [0.05, 0.1) is 0 Å². The van der Waals surface area contributed by atoms with E-state index in [0.29, 0.717) is 0 Å². The molecule has 0 saturated heterocycles. The predicted octanol–water partition coefficient (Wildman–Crippen LogP) is 4.86. The van der Waals surface area contributed by atoms with Gasteiger partial charge in [-0.3, -0.25) is 0 Å². The molecular weight excluding hydrogens is 218 g/mol. The lowest BCUT2D eigenvalue weighted by Crippen LogP contribution is -2.43. The van der Waals surface area contributed by atoms with Crippen molar-refractivity contribution in [3.63, 3.8) is 0 Å². The molecule has 4 unspecified atom stereocenters. The third kappa shape index (κ3) is 4.26. The van der Waals surface area contributed by atoms with Crippen LogP contribution in [-0.2, 0) is 0 Å². The molecule has 0 amide bonds. The Kier molecular flexibility index (Phi) is 7.29. The van der Waals surface area contributed by atoms with Gasteiger partial charge in [0.25, 0.3) is 0 Å². The summed E-state index contributed by atoms with van der Waals surface area (Å²) in [5.41, 5.74) is 0. The van der Waals surface area contributed by atoms with Crippen LogP contribution in [0.2, 0.25) is 0 Å². The highest BCUT2D eigenvalue weighted by Gasteiger charge is 2.32. The molecule has 0 aromatic carbocycles. The fourth-order valence-corrected chi connectivity index (χ4v) is 4.02. The zero-order valence-electron chi connectivity index (χ0n) is 13.3. The maximum absolute atomic E-state index is 3.68. The van der Waals surface area contributed by atoms with E-state index in [1.165, 1.54) is 44.9 Å². The van der Waals surface area contributed by atoms with Gasteiger partial charge in [-0.15, -0.1) is 0 Å². The Labute approximate surface area is 115 Å². The van der Waals surface area contributed by atoms with Gasteiger partial charge in [0, 0.05) is 6.04 Å². The predicted molar refractivity (Wildman–Crippen MR) is 81.8 cm³/mol. The van der Waals surface area contributed by atoms with Crippen molar-refractivity contribution < 1.29 is 0 Å². The fraction of sp³-hybridized carbons (Fsp3) is 1.00. The van der Waals surface area contributed by atoms with Crippen LogP contribution in [0.5, 0.6) is 0 Å². The molecule has 0 spiro atoms. The Morgan fingerprint density at radius 2 is 1.61 bits per heavy atom. The molecule has 1 aliphatic carbocycles. The molecule has 1 aliphatic rings. The van der Waals surface area contributed by atoms with E-state index in [0.717, 1.165) is 29.7 Å². The summed E-state index contributed by atoms with van der Waals surface area (Å²) in [7, 11) is 2.19. The molecule has 1 nitrogen and oxygen atoms in total. The third-order valence-electron chi connectivity index (χ3n) is 5.31. The summed E-state index contributed by atoms with van der Waals surface area (Å²) in [4.78, 5) is 0. The average Bonchev–Trinajstić information content (AvgIpc) is 2.35. The number of rotatable bonds is 7. The van der Waals surface area contributed by atoms with E-state index in [9.17, 15) is 0 Å². The van der Waals surface area contributed by atoms with Gasteiger partial charge in [-0.1, -0.05) is 47.0 Å². The molecule has 1 N–H and O–H groups in total. The van der Waals surface area contributed by atoms with Crippen LogP contribution >= 0.6 is 0 Å². The SMILES string of the molecule is CCCC(CCC)C(NC)C1CCC(C)C(C)C1. The average molecular weight is 253 g/mol. The van der Waals surface area contributed by atoms with Gasteiger partial charge in [-0.25, -0.2) is 0 Å². The van der Waals surface area contributed by atoms with Gasteiger partial charge < -0.3 is 5.32 Å². The summed E-state index contributed by atoms with van der Waals surface area (Å²) in [5.74, 6) is 3.68. The van der Waals surface area contributed by atoms with Gasteiger partial charge in [0.2, 0.25) is 0 Å². The van der Waals surface area contributed by atoms with Gasteiger partial charge in [-0.05, 0) is 56.4 Å². The van der Waals surface area contributed by atoms with Crippen molar-refractivity contribution >= 4 is 0 Å². The molecule has 0 heterocycles. The zero-order valence-corrected chi connectivity index (χ0v) is 13.3. The molecule has 1 fully saturated rings. The van der Waals surface area contributed by atoms with Crippen LogP contribution in [0.15, 0.2) is 0 Å². The van der Waals surface area contributed by atoms with Crippen molar-refractivity contribution in [1.29, 1.82) is 0 Å². The van der Waals surface area contributed by atoms with Crippen LogP contribution in [0.25, 0.3) is 0 Å². The van der Waals surface area contributed by atoms with E-state index < -0.39 is 0 Å². The van der Waals surface area contributed by atoms with Crippen LogP contribution < -0.4 is 5.32 Å². The van der Waals surface area contributed by atoms with Crippen molar-refractivity contribution in [1.82, 2.24) is 5.32 Å². The maximum atomic E-state index is 3.68. The molecule has 108 valence electrons. The summed E-state index contributed by atoms with van der Waals surface area (Å²) in [6.07, 6.45) is 9.80. The van der Waals surface area contributed by atoms with E-state index in [1.807, 2.05) is 0 Å². The fourth-order valence-electron chi connectivity index (χ4n) is 4.02. The first-order valence-electron chi connectivity index (χ1n) is 8.31. The molecule has 4 atom stereocenters. The molecule has 0 aliphatic heterocycles. The maximum Gasteiger partial charge on any atom is 0.0121 e. The minimum absolute atomic E-state index is 0.764. The molecule has 0 aromatic heterocycles. The number of hydrogen-bond acceptors (Lipinski definition) is 1. The Balaban J connectivity index is 2.62. The van der Waals surface area contributed by atoms with E-state index in [-0.39, 0.29) is 0 Å². The summed E-state index contributed by atoms with van der Waals surface area (Å²) < 4.78 is 0. The molecule has 1 saturated carbocycles. The second-order valence-corrected chi connectivity index (χ2v) is 6.68. The van der Waals surface area contributed by atoms with Crippen LogP contribution in [0.3, 0.4) is 0 Å². The smallest absolute Gasteiger partial charge is 0.0121 e. The second-order valence-electron chi connectivity index (χ2n) is 6.68. The van der Waals surface area contributed by atoms with E-state index >= 15 is 0 Å². The Hall–Kier alpha value is -0.0400. The second kappa shape index (κ2) is 8.19. The van der Waals surface area contributed by atoms with Gasteiger partial charge in [0.1, 0.15) is 0 Å². The van der Waals surface area contributed by atoms with Crippen molar-refractivity contribution in [3.8, 4) is 0 Å². The summed E-state index contributed by atoms with van der Waals surface area (Å²) in [6.45, 7) is 9.56. The van der Waals surface area contributed by atoms with Crippen LogP contribution in [0.1, 0.15) is 72.6 Å². The third-order valence-corrected chi connectivity index (χ3v) is 5.31. The minimum Gasteiger partial charge on any atom is -0.316 e. The van der Waals surface area contributed by atoms with E-state index in [4.69, 9.17) is 0 Å². The molecular formula is C17H35N. The van der Waals surface area contributed by atoms with Gasteiger partial charge >= 0.3 is 0 Å². The normalized spacial score (nSPS) is 30.7. The van der Waals surface area contributed by atoms with Crippen molar-refractivity contribution in [3.05, 3.63) is 0 Å². The Morgan fingerprint density at radius 3 is 2.06 bits per heavy atom. The Morgan fingerprint density at radius 1 is 1.00 bits per heavy atom. The quantitative estimate of drug-likeness (QED) is 0.683. The first kappa shape index (κ1) is 16.0. The molecule has 1 rings (SSSR count). The lowest BCUT2D eigenvalue weighted by molar-refractivity contribution is 0.137. The van der Waals surface area contributed by atoms with Crippen LogP contribution in [0, 0.1) is 23.7 Å². The molecule has 0 aromatic rings. The largest absolute Gasteiger partial charge is 0.316 e. The standard InChI is InChI=1S/C17H35N/c1-6-8-15(9-7-2)17(18-5)16-11-10-13(3)14(4)12-16/h13-18H,6-12H2,1-5H3. The van der Waals surface area contributed by atoms with Crippen LogP contribution in [-0.4, -0.2) is 13.1 Å². The van der Waals surface area contributed by atoms with Crippen LogP contribution in [0.4, 0.5) is 0 Å². The van der Waals surface area contributed by atoms with Crippen molar-refractivity contribution in [2.24, 2.45) is 23.7 Å². The summed E-state index contributed by atoms with van der Waals surface area (Å²) >= 11 is 0. The number of nitrogens with one attached hydrogen (secondary N) is 1. The first-order chi connectivity index (χ1) is 8.63. The monoisotopic (exact) mass is 253 g/mol. The summed E-state index contributed by atoms with van der Waals surface area (Å²) in [5, 5.41) is 3.68. The molecule has 1 heteroatoms. The van der Waals surface area contributed by atoms with E-state index in [1.54, 1.807) is 0 Å². The lowest BCUT2D eigenvalue weighted by atomic mass is 9.69.